The number of ether oxygens (including phenoxy) is 2. The van der Waals surface area contributed by atoms with Gasteiger partial charge in [-0.3, -0.25) is 4.79 Å². The van der Waals surface area contributed by atoms with Crippen molar-refractivity contribution < 1.29 is 13.9 Å². The van der Waals surface area contributed by atoms with Crippen LogP contribution < -0.4 is 14.9 Å². The molecule has 0 N–H and O–H groups in total. The molecular weight excluding hydrogens is 436 g/mol. The minimum atomic E-state index is -0.0385. The molecule has 0 atom stereocenters. The molecule has 0 saturated heterocycles. The molecule has 3 aromatic carbocycles. The quantitative estimate of drug-likeness (QED) is 0.254. The lowest BCUT2D eigenvalue weighted by atomic mass is 10.0. The van der Waals surface area contributed by atoms with Gasteiger partial charge in [-0.25, -0.2) is 0 Å². The van der Waals surface area contributed by atoms with E-state index >= 15 is 0 Å². The Morgan fingerprint density at radius 1 is 1.00 bits per heavy atom. The van der Waals surface area contributed by atoms with Gasteiger partial charge in [0.2, 0.25) is 0 Å². The summed E-state index contributed by atoms with van der Waals surface area (Å²) in [5.41, 5.74) is 4.99. The van der Waals surface area contributed by atoms with Crippen LogP contribution in [0.15, 0.2) is 93.7 Å². The normalized spacial score (nSPS) is 11.1. The SMILES string of the molecule is COc1cccc(CC=Cc2c(OCC=C(C)C)ccc3c(=O)c(C)c(-c4ccccc4)oc23)c1. The fourth-order valence-electron chi connectivity index (χ4n) is 3.91. The molecule has 0 radical (unpaired) electrons. The van der Waals surface area contributed by atoms with Crippen LogP contribution in [-0.4, -0.2) is 13.7 Å². The van der Waals surface area contributed by atoms with Crippen LogP contribution in [0.1, 0.15) is 30.5 Å². The van der Waals surface area contributed by atoms with Crippen LogP contribution in [0.3, 0.4) is 0 Å². The summed E-state index contributed by atoms with van der Waals surface area (Å²) in [5, 5.41) is 0.540. The van der Waals surface area contributed by atoms with Crippen molar-refractivity contribution in [1.29, 1.82) is 0 Å². The fraction of sp³-hybridized carbons (Fsp3) is 0.194. The maximum absolute atomic E-state index is 13.3. The van der Waals surface area contributed by atoms with E-state index in [1.165, 1.54) is 5.57 Å². The second kappa shape index (κ2) is 10.9. The first-order valence-electron chi connectivity index (χ1n) is 11.7. The Kier molecular flexibility index (Phi) is 7.51. The molecule has 0 bridgehead atoms. The summed E-state index contributed by atoms with van der Waals surface area (Å²) >= 11 is 0. The van der Waals surface area contributed by atoms with Gasteiger partial charge in [0.05, 0.1) is 18.1 Å². The molecule has 0 spiro atoms. The van der Waals surface area contributed by atoms with Crippen LogP contribution in [0.2, 0.25) is 0 Å². The average molecular weight is 467 g/mol. The Bertz CT molecular complexity index is 1440. The third kappa shape index (κ3) is 5.55. The highest BCUT2D eigenvalue weighted by molar-refractivity contribution is 5.90. The maximum Gasteiger partial charge on any atom is 0.196 e. The Hall–Kier alpha value is -4.05. The first kappa shape index (κ1) is 24.1. The van der Waals surface area contributed by atoms with E-state index in [4.69, 9.17) is 13.9 Å². The monoisotopic (exact) mass is 466 g/mol. The van der Waals surface area contributed by atoms with Gasteiger partial charge in [-0.1, -0.05) is 60.2 Å². The van der Waals surface area contributed by atoms with Crippen molar-refractivity contribution in [2.75, 3.05) is 13.7 Å². The molecule has 0 amide bonds. The van der Waals surface area contributed by atoms with E-state index < -0.39 is 0 Å². The summed E-state index contributed by atoms with van der Waals surface area (Å²) in [6, 6.07) is 21.3. The van der Waals surface area contributed by atoms with Gasteiger partial charge in [0.15, 0.2) is 5.43 Å². The number of fused-ring (bicyclic) bond motifs is 1. The fourth-order valence-corrected chi connectivity index (χ4v) is 3.91. The van der Waals surface area contributed by atoms with Crippen LogP contribution in [0.5, 0.6) is 11.5 Å². The minimum absolute atomic E-state index is 0.0385. The van der Waals surface area contributed by atoms with Gasteiger partial charge < -0.3 is 13.9 Å². The van der Waals surface area contributed by atoms with Gasteiger partial charge >= 0.3 is 0 Å². The Morgan fingerprint density at radius 2 is 1.80 bits per heavy atom. The lowest BCUT2D eigenvalue weighted by Crippen LogP contribution is -2.08. The summed E-state index contributed by atoms with van der Waals surface area (Å²) in [6.45, 7) is 6.32. The highest BCUT2D eigenvalue weighted by atomic mass is 16.5. The van der Waals surface area contributed by atoms with Crippen LogP contribution in [0, 0.1) is 6.92 Å². The van der Waals surface area contributed by atoms with Crippen molar-refractivity contribution in [3.05, 3.63) is 111 Å². The van der Waals surface area contributed by atoms with E-state index in [0.29, 0.717) is 41.1 Å². The molecule has 0 unspecified atom stereocenters. The molecule has 4 aromatic rings. The molecule has 0 saturated carbocycles. The number of benzene rings is 3. The predicted octanol–water partition coefficient (Wildman–Crippen LogP) is 7.38. The number of rotatable bonds is 8. The van der Waals surface area contributed by atoms with Crippen molar-refractivity contribution in [2.24, 2.45) is 0 Å². The van der Waals surface area contributed by atoms with Crippen LogP contribution >= 0.6 is 0 Å². The summed E-state index contributed by atoms with van der Waals surface area (Å²) in [7, 11) is 1.66. The van der Waals surface area contributed by atoms with E-state index in [0.717, 1.165) is 22.4 Å². The zero-order valence-electron chi connectivity index (χ0n) is 20.6. The highest BCUT2D eigenvalue weighted by Gasteiger charge is 2.17. The Morgan fingerprint density at radius 3 is 2.54 bits per heavy atom. The number of hydrogen-bond donors (Lipinski definition) is 0. The van der Waals surface area contributed by atoms with Gasteiger partial charge in [-0.15, -0.1) is 0 Å². The van der Waals surface area contributed by atoms with Gasteiger partial charge in [0.25, 0.3) is 0 Å². The summed E-state index contributed by atoms with van der Waals surface area (Å²) < 4.78 is 17.9. The van der Waals surface area contributed by atoms with E-state index in [-0.39, 0.29) is 5.43 Å². The molecule has 178 valence electrons. The lowest BCUT2D eigenvalue weighted by Gasteiger charge is -2.13. The first-order chi connectivity index (χ1) is 17.0. The van der Waals surface area contributed by atoms with Gasteiger partial charge in [0.1, 0.15) is 29.4 Å². The molecule has 1 heterocycles. The number of hydrogen-bond acceptors (Lipinski definition) is 4. The number of allylic oxidation sites excluding steroid dienone is 2. The second-order valence-corrected chi connectivity index (χ2v) is 8.66. The van der Waals surface area contributed by atoms with Crippen molar-refractivity contribution in [3.63, 3.8) is 0 Å². The molecule has 35 heavy (non-hydrogen) atoms. The predicted molar refractivity (Wildman–Crippen MR) is 143 cm³/mol. The second-order valence-electron chi connectivity index (χ2n) is 8.66. The molecule has 1 aromatic heterocycles. The Balaban J connectivity index is 1.83. The first-order valence-corrected chi connectivity index (χ1v) is 11.7. The molecule has 0 aliphatic carbocycles. The molecule has 4 heteroatoms. The van der Waals surface area contributed by atoms with Gasteiger partial charge in [0, 0.05) is 11.1 Å². The minimum Gasteiger partial charge on any atom is -0.497 e. The van der Waals surface area contributed by atoms with Crippen LogP contribution in [-0.2, 0) is 6.42 Å². The molecular formula is C31H30O4. The molecule has 0 aliphatic rings. The lowest BCUT2D eigenvalue weighted by molar-refractivity contribution is 0.361. The smallest absolute Gasteiger partial charge is 0.196 e. The van der Waals surface area contributed by atoms with Gasteiger partial charge in [-0.2, -0.15) is 0 Å². The maximum atomic E-state index is 13.3. The van der Waals surface area contributed by atoms with Crippen molar-refractivity contribution in [2.45, 2.75) is 27.2 Å². The molecule has 0 fully saturated rings. The zero-order valence-corrected chi connectivity index (χ0v) is 20.6. The standard InChI is InChI=1S/C31H30O4/c1-21(2)18-19-34-28-17-16-27-29(32)22(3)30(24-12-6-5-7-13-24)35-31(27)26(28)15-9-11-23-10-8-14-25(20-23)33-4/h5-10,12-18,20H,11,19H2,1-4H3. The topological polar surface area (TPSA) is 48.7 Å². The van der Waals surface area contributed by atoms with E-state index in [9.17, 15) is 4.79 Å². The third-order valence-electron chi connectivity index (χ3n) is 5.82. The van der Waals surface area contributed by atoms with Crippen LogP contribution in [0.4, 0.5) is 0 Å². The highest BCUT2D eigenvalue weighted by Crippen LogP contribution is 2.33. The zero-order chi connectivity index (χ0) is 24.8. The van der Waals surface area contributed by atoms with Crippen molar-refractivity contribution in [1.82, 2.24) is 0 Å². The molecule has 4 rings (SSSR count). The molecule has 4 nitrogen and oxygen atoms in total. The van der Waals surface area contributed by atoms with E-state index in [1.54, 1.807) is 13.2 Å². The van der Waals surface area contributed by atoms with Crippen molar-refractivity contribution >= 4 is 17.0 Å². The summed E-state index contributed by atoms with van der Waals surface area (Å²) in [6.07, 6.45) is 6.75. The van der Waals surface area contributed by atoms with Crippen molar-refractivity contribution in [3.8, 4) is 22.8 Å². The molecule has 0 aliphatic heterocycles. The summed E-state index contributed by atoms with van der Waals surface area (Å²) in [4.78, 5) is 13.3. The summed E-state index contributed by atoms with van der Waals surface area (Å²) in [5.74, 6) is 2.07. The average Bonchev–Trinajstić information content (AvgIpc) is 2.87. The van der Waals surface area contributed by atoms with Crippen LogP contribution in [0.25, 0.3) is 28.4 Å². The van der Waals surface area contributed by atoms with E-state index in [2.05, 4.69) is 12.1 Å². The van der Waals surface area contributed by atoms with Gasteiger partial charge in [-0.05, 0) is 63.1 Å². The Labute approximate surface area is 206 Å². The third-order valence-corrected chi connectivity index (χ3v) is 5.82. The largest absolute Gasteiger partial charge is 0.497 e. The van der Waals surface area contributed by atoms with E-state index in [1.807, 2.05) is 87.5 Å². The number of methoxy groups -OCH3 is 1.